The SMILES string of the molecule is O=c1oc2c(OS(=O)(=O)c3cccc(Br)c3)cccc2cc1N(c1cccc(Br)c1)S(=O)[O-]. The molecule has 3 aromatic carbocycles. The van der Waals surface area contributed by atoms with E-state index in [1.807, 2.05) is 0 Å². The standard InChI is InChI=1S/C21H13Br2NO7S2/c22-14-5-2-7-16(11-14)24(32(26)27)18-10-13-4-1-9-19(20(13)30-21(18)25)31-33(28,29)17-8-3-6-15(23)12-17/h1-12H,(H,26,27)/p-1. The van der Waals surface area contributed by atoms with Gasteiger partial charge in [0, 0.05) is 14.3 Å². The zero-order valence-corrected chi connectivity index (χ0v) is 21.1. The van der Waals surface area contributed by atoms with Gasteiger partial charge in [0.2, 0.25) is 0 Å². The number of benzene rings is 3. The Labute approximate surface area is 207 Å². The zero-order chi connectivity index (χ0) is 23.8. The highest BCUT2D eigenvalue weighted by Gasteiger charge is 2.22. The van der Waals surface area contributed by atoms with Gasteiger partial charge in [0.05, 0.1) is 17.0 Å². The monoisotopic (exact) mass is 612 g/mol. The number of para-hydroxylation sites is 1. The lowest BCUT2D eigenvalue weighted by molar-refractivity contribution is 0.475. The summed E-state index contributed by atoms with van der Waals surface area (Å²) >= 11 is 3.63. The summed E-state index contributed by atoms with van der Waals surface area (Å²) in [6.07, 6.45) is 0. The minimum atomic E-state index is -4.23. The average Bonchev–Trinajstić information content (AvgIpc) is 2.74. The molecule has 0 N–H and O–H groups in total. The minimum absolute atomic E-state index is 0.101. The van der Waals surface area contributed by atoms with E-state index in [0.717, 1.165) is 4.31 Å². The fraction of sp³-hybridized carbons (Fsp3) is 0. The van der Waals surface area contributed by atoms with Gasteiger partial charge in [-0.25, -0.2) is 4.79 Å². The Bertz CT molecular complexity index is 1550. The molecule has 0 fully saturated rings. The van der Waals surface area contributed by atoms with Crippen molar-refractivity contribution < 1.29 is 25.8 Å². The smallest absolute Gasteiger partial charge is 0.361 e. The highest BCUT2D eigenvalue weighted by atomic mass is 79.9. The largest absolute Gasteiger partial charge is 0.755 e. The molecular weight excluding hydrogens is 602 g/mol. The lowest BCUT2D eigenvalue weighted by Crippen LogP contribution is -2.25. The second-order valence-corrected chi connectivity index (χ2v) is 10.8. The molecule has 1 heterocycles. The van der Waals surface area contributed by atoms with Gasteiger partial charge in [0.25, 0.3) is 0 Å². The van der Waals surface area contributed by atoms with Crippen molar-refractivity contribution in [2.45, 2.75) is 4.90 Å². The lowest BCUT2D eigenvalue weighted by Gasteiger charge is -2.25. The van der Waals surface area contributed by atoms with E-state index in [1.54, 1.807) is 18.2 Å². The van der Waals surface area contributed by atoms with Crippen LogP contribution in [0.3, 0.4) is 0 Å². The van der Waals surface area contributed by atoms with E-state index in [9.17, 15) is 22.0 Å². The predicted octanol–water partition coefficient (Wildman–Crippen LogP) is 5.02. The molecule has 4 rings (SSSR count). The molecule has 0 radical (unpaired) electrons. The van der Waals surface area contributed by atoms with Gasteiger partial charge in [-0.05, 0) is 48.5 Å². The summed E-state index contributed by atoms with van der Waals surface area (Å²) in [4.78, 5) is 12.7. The van der Waals surface area contributed by atoms with Crippen LogP contribution in [-0.4, -0.2) is 17.2 Å². The third-order valence-corrected chi connectivity index (χ3v) is 7.32. The first kappa shape index (κ1) is 23.6. The third-order valence-electron chi connectivity index (χ3n) is 4.40. The van der Waals surface area contributed by atoms with Crippen molar-refractivity contribution in [2.75, 3.05) is 4.31 Å². The lowest BCUT2D eigenvalue weighted by atomic mass is 10.2. The Balaban J connectivity index is 1.81. The predicted molar refractivity (Wildman–Crippen MR) is 130 cm³/mol. The van der Waals surface area contributed by atoms with Gasteiger partial charge in [-0.15, -0.1) is 0 Å². The molecule has 0 saturated carbocycles. The van der Waals surface area contributed by atoms with Crippen LogP contribution in [0.2, 0.25) is 0 Å². The van der Waals surface area contributed by atoms with E-state index >= 15 is 0 Å². The molecule has 1 aromatic heterocycles. The molecule has 0 amide bonds. The van der Waals surface area contributed by atoms with Crippen LogP contribution in [-0.2, 0) is 21.4 Å². The van der Waals surface area contributed by atoms with Crippen molar-refractivity contribution in [3.8, 4) is 5.75 Å². The van der Waals surface area contributed by atoms with Crippen molar-refractivity contribution in [2.24, 2.45) is 0 Å². The van der Waals surface area contributed by atoms with E-state index in [-0.39, 0.29) is 33.0 Å². The average molecular weight is 614 g/mol. The van der Waals surface area contributed by atoms with Crippen molar-refractivity contribution in [3.05, 3.63) is 92.2 Å². The third kappa shape index (κ3) is 5.04. The van der Waals surface area contributed by atoms with Gasteiger partial charge in [0.1, 0.15) is 10.6 Å². The van der Waals surface area contributed by atoms with Gasteiger partial charge in [-0.1, -0.05) is 56.1 Å². The Morgan fingerprint density at radius 2 is 1.61 bits per heavy atom. The van der Waals surface area contributed by atoms with Crippen LogP contribution in [0.15, 0.2) is 95.8 Å². The van der Waals surface area contributed by atoms with Crippen LogP contribution in [0.1, 0.15) is 0 Å². The van der Waals surface area contributed by atoms with Crippen LogP contribution in [0, 0.1) is 0 Å². The van der Waals surface area contributed by atoms with E-state index in [2.05, 4.69) is 31.9 Å². The maximum Gasteiger partial charge on any atom is 0.361 e. The highest BCUT2D eigenvalue weighted by Crippen LogP contribution is 2.33. The van der Waals surface area contributed by atoms with Crippen LogP contribution in [0.5, 0.6) is 5.75 Å². The molecule has 4 aromatic rings. The van der Waals surface area contributed by atoms with Crippen LogP contribution >= 0.6 is 31.9 Å². The Morgan fingerprint density at radius 3 is 2.27 bits per heavy atom. The van der Waals surface area contributed by atoms with E-state index in [1.165, 1.54) is 54.6 Å². The second-order valence-electron chi connectivity index (χ2n) is 6.58. The van der Waals surface area contributed by atoms with Crippen molar-refractivity contribution in [1.82, 2.24) is 0 Å². The fourth-order valence-corrected chi connectivity index (χ4v) is 5.50. The van der Waals surface area contributed by atoms with Crippen molar-refractivity contribution in [3.63, 3.8) is 0 Å². The number of anilines is 2. The second kappa shape index (κ2) is 9.39. The molecule has 0 aliphatic heterocycles. The molecule has 8 nitrogen and oxygen atoms in total. The first-order chi connectivity index (χ1) is 15.7. The highest BCUT2D eigenvalue weighted by molar-refractivity contribution is 9.10. The van der Waals surface area contributed by atoms with Crippen LogP contribution < -0.4 is 14.1 Å². The Kier molecular flexibility index (Phi) is 6.73. The number of hydrogen-bond acceptors (Lipinski definition) is 7. The summed E-state index contributed by atoms with van der Waals surface area (Å²) in [5.41, 5.74) is -1.21. The van der Waals surface area contributed by atoms with Gasteiger partial charge >= 0.3 is 15.7 Å². The molecule has 0 bridgehead atoms. The number of halogens is 2. The molecule has 33 heavy (non-hydrogen) atoms. The van der Waals surface area contributed by atoms with E-state index in [4.69, 9.17) is 8.60 Å². The summed E-state index contributed by atoms with van der Waals surface area (Å²) in [6, 6.07) is 17.9. The van der Waals surface area contributed by atoms with Gasteiger partial charge in [0.15, 0.2) is 11.3 Å². The van der Waals surface area contributed by atoms with Gasteiger partial charge < -0.3 is 13.2 Å². The van der Waals surface area contributed by atoms with Crippen molar-refractivity contribution >= 4 is 75.6 Å². The molecule has 170 valence electrons. The summed E-state index contributed by atoms with van der Waals surface area (Å²) in [5.74, 6) is -0.214. The first-order valence-corrected chi connectivity index (χ1v) is 13.1. The topological polar surface area (TPSA) is 117 Å². The summed E-state index contributed by atoms with van der Waals surface area (Å²) in [7, 11) is -4.23. The molecule has 12 heteroatoms. The maximum atomic E-state index is 12.8. The molecular formula is C21H12Br2NO7S2-. The molecule has 0 aliphatic rings. The number of fused-ring (bicyclic) bond motifs is 1. The van der Waals surface area contributed by atoms with Crippen molar-refractivity contribution in [1.29, 1.82) is 0 Å². The van der Waals surface area contributed by atoms with E-state index in [0.29, 0.717) is 8.95 Å². The van der Waals surface area contributed by atoms with Gasteiger partial charge in [-0.3, -0.25) is 8.51 Å². The molecule has 0 spiro atoms. The molecule has 1 unspecified atom stereocenters. The fourth-order valence-electron chi connectivity index (χ4n) is 3.01. The molecule has 0 aliphatic carbocycles. The summed E-state index contributed by atoms with van der Waals surface area (Å²) < 4.78 is 61.8. The van der Waals surface area contributed by atoms with Crippen LogP contribution in [0.25, 0.3) is 11.0 Å². The molecule has 0 saturated heterocycles. The summed E-state index contributed by atoms with van der Waals surface area (Å²) in [5, 5.41) is 0.261. The summed E-state index contributed by atoms with van der Waals surface area (Å²) in [6.45, 7) is 0. The quantitative estimate of drug-likeness (QED) is 0.170. The Morgan fingerprint density at radius 1 is 0.939 bits per heavy atom. The number of nitrogens with zero attached hydrogens (tertiary/aromatic N) is 1. The number of hydrogen-bond donors (Lipinski definition) is 0. The maximum absolute atomic E-state index is 12.8. The normalized spacial score (nSPS) is 12.5. The minimum Gasteiger partial charge on any atom is -0.755 e. The molecule has 1 atom stereocenters. The Hall–Kier alpha value is -2.51. The number of rotatable bonds is 6. The van der Waals surface area contributed by atoms with Crippen LogP contribution in [0.4, 0.5) is 11.4 Å². The zero-order valence-electron chi connectivity index (χ0n) is 16.3. The van der Waals surface area contributed by atoms with E-state index < -0.39 is 27.0 Å². The first-order valence-electron chi connectivity index (χ1n) is 9.08. The van der Waals surface area contributed by atoms with Gasteiger partial charge in [-0.2, -0.15) is 8.42 Å².